The van der Waals surface area contributed by atoms with Crippen LogP contribution in [-0.4, -0.2) is 22.8 Å². The minimum atomic E-state index is -0.649. The van der Waals surface area contributed by atoms with E-state index in [2.05, 4.69) is 0 Å². The second-order valence-electron chi connectivity index (χ2n) is 8.37. The molecule has 0 radical (unpaired) electrons. The second kappa shape index (κ2) is 7.84. The summed E-state index contributed by atoms with van der Waals surface area (Å²) in [4.78, 5) is 26.4. The third-order valence-corrected chi connectivity index (χ3v) is 4.91. The van der Waals surface area contributed by atoms with Gasteiger partial charge in [0.1, 0.15) is 17.5 Å². The number of fused-ring (bicyclic) bond motifs is 1. The number of hydrogen-bond donors (Lipinski definition) is 1. The average Bonchev–Trinajstić information content (AvgIpc) is 2.59. The number of benzene rings is 2. The van der Waals surface area contributed by atoms with Crippen molar-refractivity contribution in [1.29, 1.82) is 0 Å². The molecule has 2 aromatic carbocycles. The van der Waals surface area contributed by atoms with E-state index >= 15 is 0 Å². The molecule has 0 saturated heterocycles. The summed E-state index contributed by atoms with van der Waals surface area (Å²) in [5, 5.41) is 0.595. The van der Waals surface area contributed by atoms with E-state index in [1.54, 1.807) is 17.0 Å². The number of nitrogens with zero attached hydrogens (tertiary/aromatic N) is 1. The first-order valence-electron chi connectivity index (χ1n) is 9.26. The molecule has 2 N–H and O–H groups in total. The lowest BCUT2D eigenvalue weighted by atomic mass is 9.89. The van der Waals surface area contributed by atoms with E-state index < -0.39 is 11.9 Å². The van der Waals surface area contributed by atoms with Crippen LogP contribution < -0.4 is 10.5 Å². The molecule has 148 valence electrons. The Hall–Kier alpha value is -2.53. The second-order valence-corrected chi connectivity index (χ2v) is 8.81. The fourth-order valence-electron chi connectivity index (χ4n) is 3.36. The van der Waals surface area contributed by atoms with E-state index in [0.717, 1.165) is 11.1 Å². The fraction of sp³-hybridized carbons (Fsp3) is 0.364. The Morgan fingerprint density at radius 1 is 1.14 bits per heavy atom. The normalized spacial score (nSPS) is 16.4. The van der Waals surface area contributed by atoms with Crippen LogP contribution in [0.4, 0.5) is 0 Å². The van der Waals surface area contributed by atoms with Gasteiger partial charge in [0.2, 0.25) is 11.8 Å². The van der Waals surface area contributed by atoms with Gasteiger partial charge in [-0.3, -0.25) is 9.59 Å². The van der Waals surface area contributed by atoms with Crippen molar-refractivity contribution in [3.05, 3.63) is 58.6 Å². The minimum Gasteiger partial charge on any atom is -0.457 e. The van der Waals surface area contributed by atoms with Crippen LogP contribution in [0.5, 0.6) is 11.5 Å². The predicted molar refractivity (Wildman–Crippen MR) is 109 cm³/mol. The molecule has 0 fully saturated rings. The lowest BCUT2D eigenvalue weighted by molar-refractivity contribution is -0.142. The van der Waals surface area contributed by atoms with Crippen molar-refractivity contribution in [2.45, 2.75) is 46.2 Å². The first-order chi connectivity index (χ1) is 13.1. The fourth-order valence-corrected chi connectivity index (χ4v) is 3.54. The van der Waals surface area contributed by atoms with Crippen LogP contribution in [0.2, 0.25) is 5.02 Å². The number of nitrogens with two attached hydrogens (primary N) is 1. The molecule has 1 unspecified atom stereocenters. The molecule has 1 aliphatic heterocycles. The molecular weight excluding hydrogens is 376 g/mol. The number of ether oxygens (including phenoxy) is 1. The van der Waals surface area contributed by atoms with Crippen LogP contribution in [-0.2, 0) is 22.6 Å². The number of carbonyl (C=O) groups excluding carboxylic acids is 2. The topological polar surface area (TPSA) is 72.6 Å². The maximum atomic E-state index is 12.8. The number of primary amides is 1. The van der Waals surface area contributed by atoms with Gasteiger partial charge in [0.15, 0.2) is 0 Å². The van der Waals surface area contributed by atoms with Crippen LogP contribution in [0.25, 0.3) is 0 Å². The summed E-state index contributed by atoms with van der Waals surface area (Å²) in [6.45, 7) is 6.37. The molecule has 1 atom stereocenters. The molecule has 6 heteroatoms. The molecule has 0 bridgehead atoms. The molecule has 3 rings (SSSR count). The quantitative estimate of drug-likeness (QED) is 0.831. The molecule has 1 aliphatic rings. The van der Waals surface area contributed by atoms with Crippen molar-refractivity contribution in [3.8, 4) is 11.5 Å². The third-order valence-electron chi connectivity index (χ3n) is 4.67. The summed E-state index contributed by atoms with van der Waals surface area (Å²) in [5.74, 6) is 0.741. The van der Waals surface area contributed by atoms with Crippen molar-refractivity contribution in [2.24, 2.45) is 11.1 Å². The Bertz CT molecular complexity index is 905. The monoisotopic (exact) mass is 400 g/mol. The SMILES string of the molecule is CC(C)(C)CC(=O)N1Cc2ccc(Oc3cccc(Cl)c3)cc2CC1C(N)=O. The Kier molecular flexibility index (Phi) is 5.66. The molecule has 0 aromatic heterocycles. The van der Waals surface area contributed by atoms with E-state index in [9.17, 15) is 9.59 Å². The van der Waals surface area contributed by atoms with E-state index in [0.29, 0.717) is 35.9 Å². The van der Waals surface area contributed by atoms with Gasteiger partial charge in [0.05, 0.1) is 0 Å². The van der Waals surface area contributed by atoms with Crippen LogP contribution in [0.1, 0.15) is 38.3 Å². The van der Waals surface area contributed by atoms with Gasteiger partial charge in [-0.2, -0.15) is 0 Å². The Labute approximate surface area is 170 Å². The zero-order valence-corrected chi connectivity index (χ0v) is 17.1. The number of halogens is 1. The van der Waals surface area contributed by atoms with E-state index in [1.165, 1.54) is 0 Å². The van der Waals surface area contributed by atoms with Gasteiger partial charge >= 0.3 is 0 Å². The molecular formula is C22H25ClN2O3. The lowest BCUT2D eigenvalue weighted by Gasteiger charge is -2.36. The summed E-state index contributed by atoms with van der Waals surface area (Å²) >= 11 is 6.00. The third kappa shape index (κ3) is 4.84. The average molecular weight is 401 g/mol. The summed E-state index contributed by atoms with van der Waals surface area (Å²) in [6, 6.07) is 12.2. The highest BCUT2D eigenvalue weighted by molar-refractivity contribution is 6.30. The molecule has 0 aliphatic carbocycles. The van der Waals surface area contributed by atoms with Crippen molar-refractivity contribution < 1.29 is 14.3 Å². The summed E-state index contributed by atoms with van der Waals surface area (Å²) in [6.07, 6.45) is 0.745. The molecule has 5 nitrogen and oxygen atoms in total. The van der Waals surface area contributed by atoms with Gasteiger partial charge in [-0.15, -0.1) is 0 Å². The first-order valence-corrected chi connectivity index (χ1v) is 9.64. The molecule has 0 spiro atoms. The van der Waals surface area contributed by atoms with Gasteiger partial charge in [-0.05, 0) is 46.9 Å². The lowest BCUT2D eigenvalue weighted by Crippen LogP contribution is -2.51. The van der Waals surface area contributed by atoms with Crippen LogP contribution >= 0.6 is 11.6 Å². The largest absolute Gasteiger partial charge is 0.457 e. The van der Waals surface area contributed by atoms with Gasteiger partial charge < -0.3 is 15.4 Å². The van der Waals surface area contributed by atoms with Crippen molar-refractivity contribution in [3.63, 3.8) is 0 Å². The highest BCUT2D eigenvalue weighted by Gasteiger charge is 2.34. The Morgan fingerprint density at radius 2 is 1.86 bits per heavy atom. The summed E-state index contributed by atoms with van der Waals surface area (Å²) < 4.78 is 5.88. The zero-order valence-electron chi connectivity index (χ0n) is 16.4. The summed E-state index contributed by atoms with van der Waals surface area (Å²) in [5.41, 5.74) is 7.42. The van der Waals surface area contributed by atoms with Crippen LogP contribution in [0, 0.1) is 5.41 Å². The van der Waals surface area contributed by atoms with Crippen LogP contribution in [0.15, 0.2) is 42.5 Å². The number of rotatable bonds is 4. The first kappa shape index (κ1) is 20.2. The van der Waals surface area contributed by atoms with Crippen LogP contribution in [0.3, 0.4) is 0 Å². The summed E-state index contributed by atoms with van der Waals surface area (Å²) in [7, 11) is 0. The van der Waals surface area contributed by atoms with Crippen molar-refractivity contribution in [1.82, 2.24) is 4.90 Å². The minimum absolute atomic E-state index is 0.0544. The highest BCUT2D eigenvalue weighted by atomic mass is 35.5. The predicted octanol–water partition coefficient (Wildman–Crippen LogP) is 4.31. The molecule has 0 saturated carbocycles. The maximum Gasteiger partial charge on any atom is 0.240 e. The molecule has 1 heterocycles. The maximum absolute atomic E-state index is 12.8. The number of hydrogen-bond acceptors (Lipinski definition) is 3. The molecule has 2 amide bonds. The van der Waals surface area contributed by atoms with Gasteiger partial charge in [-0.1, -0.05) is 44.5 Å². The highest BCUT2D eigenvalue weighted by Crippen LogP contribution is 2.31. The Balaban J connectivity index is 1.84. The van der Waals surface area contributed by atoms with Gasteiger partial charge in [-0.25, -0.2) is 0 Å². The van der Waals surface area contributed by atoms with E-state index in [1.807, 2.05) is 51.1 Å². The van der Waals surface area contributed by atoms with E-state index in [-0.39, 0.29) is 11.3 Å². The van der Waals surface area contributed by atoms with Crippen molar-refractivity contribution in [2.75, 3.05) is 0 Å². The van der Waals surface area contributed by atoms with E-state index in [4.69, 9.17) is 22.1 Å². The molecule has 28 heavy (non-hydrogen) atoms. The Morgan fingerprint density at radius 3 is 2.50 bits per heavy atom. The standard InChI is InChI=1S/C22H25ClN2O3/c1-22(2,3)12-20(26)25-13-14-7-8-18(9-15(14)10-19(25)21(24)27)28-17-6-4-5-16(23)11-17/h4-9,11,19H,10,12-13H2,1-3H3,(H2,24,27). The number of amides is 2. The molecule has 2 aromatic rings. The smallest absolute Gasteiger partial charge is 0.240 e. The number of carbonyl (C=O) groups is 2. The zero-order chi connectivity index (χ0) is 20.5. The van der Waals surface area contributed by atoms with Crippen molar-refractivity contribution >= 4 is 23.4 Å². The van der Waals surface area contributed by atoms with Gasteiger partial charge in [0.25, 0.3) is 0 Å². The van der Waals surface area contributed by atoms with Gasteiger partial charge in [0, 0.05) is 24.4 Å².